The lowest BCUT2D eigenvalue weighted by molar-refractivity contribution is 0.0862. The van der Waals surface area contributed by atoms with Gasteiger partial charge in [0.15, 0.2) is 9.84 Å². The summed E-state index contributed by atoms with van der Waals surface area (Å²) in [7, 11) is -3.29. The highest BCUT2D eigenvalue weighted by Gasteiger charge is 2.46. The third kappa shape index (κ3) is 5.22. The highest BCUT2D eigenvalue weighted by atomic mass is 32.2. The molecule has 0 bridgehead atoms. The van der Waals surface area contributed by atoms with E-state index in [1.54, 1.807) is 27.7 Å². The van der Waals surface area contributed by atoms with Gasteiger partial charge in [0.2, 0.25) is 0 Å². The molecule has 190 valence electrons. The molecule has 3 rings (SSSR count). The maximum atomic E-state index is 12.8. The van der Waals surface area contributed by atoms with E-state index in [4.69, 9.17) is 0 Å². The highest BCUT2D eigenvalue weighted by molar-refractivity contribution is 7.96. The molecule has 2 N–H and O–H groups in total. The first-order chi connectivity index (χ1) is 15.7. The molecule has 4 nitrogen and oxygen atoms in total. The standard InChI is InChI=1S/C29H44O4S/c1-19(10-11-20(2)34(32,33)28(4,5)6)25-14-15-26-22(9-8-16-29(25,26)7)12-13-23-17-24(30)18-27(31)21(23)3/h11-14,19,24,26-27,30-31H,3,8-10,15-18H2,1-2,4-7H3/b20-11+,22-12+,23-13-/t19-,24?,26+,27?,29-/m1/s1. The summed E-state index contributed by atoms with van der Waals surface area (Å²) in [6.45, 7) is 15.6. The van der Waals surface area contributed by atoms with Crippen LogP contribution in [0.1, 0.15) is 86.5 Å². The average molecular weight is 489 g/mol. The van der Waals surface area contributed by atoms with Crippen molar-refractivity contribution in [2.45, 2.75) is 103 Å². The summed E-state index contributed by atoms with van der Waals surface area (Å²) in [4.78, 5) is 0.472. The Bertz CT molecular complexity index is 1030. The molecule has 0 heterocycles. The van der Waals surface area contributed by atoms with E-state index < -0.39 is 26.8 Å². The Hall–Kier alpha value is -1.43. The fourth-order valence-electron chi connectivity index (χ4n) is 6.14. The van der Waals surface area contributed by atoms with Crippen molar-refractivity contribution in [2.24, 2.45) is 17.3 Å². The van der Waals surface area contributed by atoms with Gasteiger partial charge < -0.3 is 10.2 Å². The van der Waals surface area contributed by atoms with Gasteiger partial charge in [-0.1, -0.05) is 55.9 Å². The highest BCUT2D eigenvalue weighted by Crippen LogP contribution is 2.57. The van der Waals surface area contributed by atoms with Gasteiger partial charge in [-0.25, -0.2) is 8.42 Å². The molecule has 0 aromatic heterocycles. The molecule has 5 atom stereocenters. The SMILES string of the molecule is C=C1/C(=C\C=C2/CCC[C@]3(C)C([C@H](C)C/C=C(\C)S(=O)(=O)C(C)(C)C)=CC[C@@H]23)CC(O)CC1O. The van der Waals surface area contributed by atoms with Crippen LogP contribution in [0.3, 0.4) is 0 Å². The number of hydrogen-bond acceptors (Lipinski definition) is 4. The number of fused-ring (bicyclic) bond motifs is 1. The predicted octanol–water partition coefficient (Wildman–Crippen LogP) is 6.19. The van der Waals surface area contributed by atoms with Crippen LogP contribution in [-0.4, -0.2) is 35.6 Å². The van der Waals surface area contributed by atoms with Gasteiger partial charge in [-0.2, -0.15) is 0 Å². The van der Waals surface area contributed by atoms with Gasteiger partial charge in [-0.05, 0) is 94.6 Å². The fourth-order valence-corrected chi connectivity index (χ4v) is 7.42. The molecule has 0 amide bonds. The van der Waals surface area contributed by atoms with Crippen molar-refractivity contribution in [3.8, 4) is 0 Å². The van der Waals surface area contributed by atoms with E-state index in [0.29, 0.717) is 29.6 Å². The molecule has 0 aliphatic heterocycles. The van der Waals surface area contributed by atoms with Crippen molar-refractivity contribution in [1.82, 2.24) is 0 Å². The van der Waals surface area contributed by atoms with Crippen LogP contribution in [0, 0.1) is 17.3 Å². The topological polar surface area (TPSA) is 74.6 Å². The molecule has 0 saturated heterocycles. The molecule has 34 heavy (non-hydrogen) atoms. The first-order valence-corrected chi connectivity index (χ1v) is 14.2. The van der Waals surface area contributed by atoms with Crippen LogP contribution in [0.25, 0.3) is 0 Å². The van der Waals surface area contributed by atoms with Gasteiger partial charge in [0.05, 0.1) is 17.0 Å². The van der Waals surface area contributed by atoms with Crippen molar-refractivity contribution >= 4 is 9.84 Å². The van der Waals surface area contributed by atoms with E-state index in [1.165, 1.54) is 11.1 Å². The maximum absolute atomic E-state index is 12.8. The Morgan fingerprint density at radius 3 is 2.62 bits per heavy atom. The first-order valence-electron chi connectivity index (χ1n) is 12.8. The maximum Gasteiger partial charge on any atom is 0.178 e. The van der Waals surface area contributed by atoms with Gasteiger partial charge in [-0.3, -0.25) is 0 Å². The molecule has 5 heteroatoms. The van der Waals surface area contributed by atoms with Crippen LogP contribution in [0.5, 0.6) is 0 Å². The van der Waals surface area contributed by atoms with Crippen molar-refractivity contribution in [3.63, 3.8) is 0 Å². The number of aliphatic hydroxyl groups is 2. The van der Waals surface area contributed by atoms with E-state index in [2.05, 4.69) is 38.7 Å². The van der Waals surface area contributed by atoms with E-state index in [-0.39, 0.29) is 5.41 Å². The summed E-state index contributed by atoms with van der Waals surface area (Å²) >= 11 is 0. The van der Waals surface area contributed by atoms with Gasteiger partial charge in [0, 0.05) is 11.3 Å². The molecule has 3 aliphatic carbocycles. The molecule has 0 aromatic rings. The largest absolute Gasteiger partial charge is 0.393 e. The van der Waals surface area contributed by atoms with Crippen LogP contribution in [0.15, 0.2) is 58.1 Å². The average Bonchev–Trinajstić information content (AvgIpc) is 3.09. The number of sulfone groups is 1. The zero-order valence-electron chi connectivity index (χ0n) is 21.9. The molecule has 0 spiro atoms. The second-order valence-electron chi connectivity index (χ2n) is 11.9. The predicted molar refractivity (Wildman–Crippen MR) is 141 cm³/mol. The molecular weight excluding hydrogens is 444 g/mol. The normalized spacial score (nSPS) is 34.4. The number of aliphatic hydroxyl groups excluding tert-OH is 2. The lowest BCUT2D eigenvalue weighted by atomic mass is 9.62. The van der Waals surface area contributed by atoms with Crippen LogP contribution >= 0.6 is 0 Å². The van der Waals surface area contributed by atoms with E-state index in [0.717, 1.165) is 43.3 Å². The van der Waals surface area contributed by atoms with Crippen LogP contribution in [0.2, 0.25) is 0 Å². The lowest BCUT2D eigenvalue weighted by Crippen LogP contribution is -2.32. The summed E-state index contributed by atoms with van der Waals surface area (Å²) in [5.74, 6) is 0.742. The molecule has 0 radical (unpaired) electrons. The Labute approximate surface area is 207 Å². The van der Waals surface area contributed by atoms with Crippen molar-refractivity contribution < 1.29 is 18.6 Å². The second kappa shape index (κ2) is 9.91. The third-order valence-electron chi connectivity index (χ3n) is 8.40. The first kappa shape index (κ1) is 27.2. The van der Waals surface area contributed by atoms with Crippen LogP contribution < -0.4 is 0 Å². The molecular formula is C29H44O4S. The van der Waals surface area contributed by atoms with Crippen molar-refractivity contribution in [3.05, 3.63) is 58.1 Å². The third-order valence-corrected chi connectivity index (χ3v) is 11.0. The number of hydrogen-bond donors (Lipinski definition) is 2. The van der Waals surface area contributed by atoms with Gasteiger partial charge in [-0.15, -0.1) is 0 Å². The summed E-state index contributed by atoms with van der Waals surface area (Å²) in [6, 6.07) is 0. The Morgan fingerprint density at radius 2 is 1.97 bits per heavy atom. The fraction of sp³-hybridized carbons (Fsp3) is 0.655. The van der Waals surface area contributed by atoms with Crippen molar-refractivity contribution in [1.29, 1.82) is 0 Å². The van der Waals surface area contributed by atoms with Gasteiger partial charge in [0.1, 0.15) is 0 Å². The van der Waals surface area contributed by atoms with Crippen LogP contribution in [-0.2, 0) is 9.84 Å². The molecule has 2 saturated carbocycles. The monoisotopic (exact) mass is 488 g/mol. The lowest BCUT2D eigenvalue weighted by Gasteiger charge is -2.42. The summed E-state index contributed by atoms with van der Waals surface area (Å²) < 4.78 is 24.7. The Balaban J connectivity index is 1.77. The van der Waals surface area contributed by atoms with Crippen LogP contribution in [0.4, 0.5) is 0 Å². The molecule has 2 fully saturated rings. The summed E-state index contributed by atoms with van der Waals surface area (Å²) in [6.07, 6.45) is 13.4. The molecule has 2 unspecified atom stereocenters. The minimum absolute atomic E-state index is 0.0925. The Morgan fingerprint density at radius 1 is 1.29 bits per heavy atom. The van der Waals surface area contributed by atoms with Crippen molar-refractivity contribution in [2.75, 3.05) is 0 Å². The number of allylic oxidation sites excluding steroid dienone is 7. The number of rotatable bonds is 5. The molecule has 3 aliphatic rings. The Kier molecular flexibility index (Phi) is 7.91. The minimum atomic E-state index is -3.29. The minimum Gasteiger partial charge on any atom is -0.393 e. The van der Waals surface area contributed by atoms with Gasteiger partial charge in [0.25, 0.3) is 0 Å². The summed E-state index contributed by atoms with van der Waals surface area (Å²) in [5.41, 5.74) is 4.66. The van der Waals surface area contributed by atoms with E-state index in [1.807, 2.05) is 6.08 Å². The second-order valence-corrected chi connectivity index (χ2v) is 14.7. The molecule has 0 aromatic carbocycles. The summed E-state index contributed by atoms with van der Waals surface area (Å²) in [5, 5.41) is 20.2. The van der Waals surface area contributed by atoms with Gasteiger partial charge >= 0.3 is 0 Å². The van der Waals surface area contributed by atoms with E-state index >= 15 is 0 Å². The zero-order chi connectivity index (χ0) is 25.5. The zero-order valence-corrected chi connectivity index (χ0v) is 22.7. The van der Waals surface area contributed by atoms with E-state index in [9.17, 15) is 18.6 Å². The smallest absolute Gasteiger partial charge is 0.178 e. The quantitative estimate of drug-likeness (QED) is 0.453.